The summed E-state index contributed by atoms with van der Waals surface area (Å²) in [4.78, 5) is 29.3. The summed E-state index contributed by atoms with van der Waals surface area (Å²) >= 11 is 1.59. The van der Waals surface area contributed by atoms with Crippen molar-refractivity contribution >= 4 is 23.1 Å². The number of likely N-dealkylation sites (tertiary alicyclic amines) is 1. The number of aromatic nitrogens is 3. The van der Waals surface area contributed by atoms with Gasteiger partial charge in [0.25, 0.3) is 5.91 Å². The third-order valence-corrected chi connectivity index (χ3v) is 7.50. The number of nitrogens with zero attached hydrogens (tertiary/aromatic N) is 4. The van der Waals surface area contributed by atoms with E-state index in [2.05, 4.69) is 20.3 Å². The molecule has 3 aliphatic rings. The van der Waals surface area contributed by atoms with Crippen molar-refractivity contribution in [2.75, 3.05) is 18.4 Å². The summed E-state index contributed by atoms with van der Waals surface area (Å²) in [5, 5.41) is 14.6. The molecule has 0 bridgehead atoms. The minimum absolute atomic E-state index is 0.0554. The Morgan fingerprint density at radius 1 is 1.18 bits per heavy atom. The van der Waals surface area contributed by atoms with Gasteiger partial charge in [-0.25, -0.2) is 9.97 Å². The van der Waals surface area contributed by atoms with Crippen LogP contribution in [0.25, 0.3) is 0 Å². The van der Waals surface area contributed by atoms with Crippen molar-refractivity contribution in [2.45, 2.75) is 50.7 Å². The molecule has 0 unspecified atom stereocenters. The van der Waals surface area contributed by atoms with Crippen molar-refractivity contribution in [3.8, 4) is 0 Å². The molecule has 0 aromatic carbocycles. The lowest BCUT2D eigenvalue weighted by Crippen LogP contribution is -2.43. The molecule has 8 heteroatoms. The fourth-order valence-electron chi connectivity index (χ4n) is 4.89. The molecule has 5 rings (SSSR count). The zero-order valence-electron chi connectivity index (χ0n) is 15.8. The molecule has 0 spiro atoms. The van der Waals surface area contributed by atoms with Crippen molar-refractivity contribution in [1.29, 1.82) is 0 Å². The Morgan fingerprint density at radius 3 is 2.79 bits per heavy atom. The normalized spacial score (nSPS) is 29.2. The number of thiazole rings is 1. The highest BCUT2D eigenvalue weighted by Gasteiger charge is 2.43. The summed E-state index contributed by atoms with van der Waals surface area (Å²) in [7, 11) is 0. The van der Waals surface area contributed by atoms with Gasteiger partial charge < -0.3 is 15.3 Å². The Bertz CT molecular complexity index is 834. The van der Waals surface area contributed by atoms with Gasteiger partial charge in [0.2, 0.25) is 0 Å². The quantitative estimate of drug-likeness (QED) is 0.822. The first-order chi connectivity index (χ1) is 13.7. The minimum atomic E-state index is -0.439. The van der Waals surface area contributed by atoms with Crippen LogP contribution in [0.5, 0.6) is 0 Å². The Labute approximate surface area is 168 Å². The number of anilines is 1. The number of carbonyl (C=O) groups is 1. The molecule has 1 amide bonds. The number of rotatable bonds is 3. The maximum atomic E-state index is 13.0. The Kier molecular flexibility index (Phi) is 4.76. The maximum Gasteiger partial charge on any atom is 0.282 e. The van der Waals surface area contributed by atoms with Crippen LogP contribution in [0.1, 0.15) is 46.1 Å². The second-order valence-electron chi connectivity index (χ2n) is 8.21. The molecule has 2 aliphatic carbocycles. The first-order valence-corrected chi connectivity index (χ1v) is 11.0. The average molecular weight is 400 g/mol. The van der Waals surface area contributed by atoms with Gasteiger partial charge in [0.05, 0.1) is 24.0 Å². The van der Waals surface area contributed by atoms with Gasteiger partial charge in [-0.1, -0.05) is 0 Å². The molecule has 0 radical (unpaired) electrons. The summed E-state index contributed by atoms with van der Waals surface area (Å²) in [5.41, 5.74) is 1.14. The van der Waals surface area contributed by atoms with E-state index < -0.39 is 6.10 Å². The van der Waals surface area contributed by atoms with E-state index in [1.54, 1.807) is 29.9 Å². The Balaban J connectivity index is 1.26. The summed E-state index contributed by atoms with van der Waals surface area (Å²) in [6.07, 6.45) is 10.5. The predicted molar refractivity (Wildman–Crippen MR) is 106 cm³/mol. The number of aliphatic hydroxyl groups is 1. The standard InChI is InChI=1S/C20H25N5O2S/c26-16-8-13-11-25(20(27)19-24-14-3-1-2-4-17(14)28-19)10-12(13)7-15(16)23-18-9-21-5-6-22-18/h5-6,9,12-13,15-16,26H,1-4,7-8,10-11H2,(H,22,23)/t12-,13+,15-,16-/m1/s1. The molecule has 148 valence electrons. The van der Waals surface area contributed by atoms with E-state index in [1.165, 1.54) is 17.7 Å². The smallest absolute Gasteiger partial charge is 0.282 e. The lowest BCUT2D eigenvalue weighted by Gasteiger charge is -2.35. The van der Waals surface area contributed by atoms with E-state index in [4.69, 9.17) is 0 Å². The summed E-state index contributed by atoms with van der Waals surface area (Å²) in [6.45, 7) is 1.47. The van der Waals surface area contributed by atoms with Gasteiger partial charge in [-0.2, -0.15) is 0 Å². The van der Waals surface area contributed by atoms with Gasteiger partial charge in [-0.3, -0.25) is 9.78 Å². The molecule has 1 aliphatic heterocycles. The molecule has 7 nitrogen and oxygen atoms in total. The van der Waals surface area contributed by atoms with Crippen LogP contribution in [0.3, 0.4) is 0 Å². The van der Waals surface area contributed by atoms with Crippen LogP contribution in [0.2, 0.25) is 0 Å². The lowest BCUT2D eigenvalue weighted by molar-refractivity contribution is 0.0727. The third-order valence-electron chi connectivity index (χ3n) is 6.35. The lowest BCUT2D eigenvalue weighted by atomic mass is 9.77. The maximum absolute atomic E-state index is 13.0. The molecule has 1 saturated heterocycles. The molecular weight excluding hydrogens is 374 g/mol. The highest BCUT2D eigenvalue weighted by atomic mass is 32.1. The number of hydrogen-bond acceptors (Lipinski definition) is 7. The summed E-state index contributed by atoms with van der Waals surface area (Å²) < 4.78 is 0. The van der Waals surface area contributed by atoms with Crippen molar-refractivity contribution in [3.63, 3.8) is 0 Å². The van der Waals surface area contributed by atoms with Crippen LogP contribution < -0.4 is 5.32 Å². The first kappa shape index (κ1) is 18.0. The van der Waals surface area contributed by atoms with Crippen LogP contribution in [0.4, 0.5) is 5.82 Å². The Morgan fingerprint density at radius 2 is 2.00 bits per heavy atom. The van der Waals surface area contributed by atoms with Gasteiger partial charge in [-0.05, 0) is 50.4 Å². The zero-order valence-corrected chi connectivity index (χ0v) is 16.6. The molecule has 2 fully saturated rings. The molecule has 28 heavy (non-hydrogen) atoms. The van der Waals surface area contributed by atoms with E-state index >= 15 is 0 Å². The van der Waals surface area contributed by atoms with Crippen molar-refractivity contribution in [1.82, 2.24) is 19.9 Å². The highest BCUT2D eigenvalue weighted by molar-refractivity contribution is 7.13. The van der Waals surface area contributed by atoms with E-state index in [0.717, 1.165) is 38.0 Å². The van der Waals surface area contributed by atoms with E-state index in [-0.39, 0.29) is 11.9 Å². The van der Waals surface area contributed by atoms with Gasteiger partial charge in [0.15, 0.2) is 5.01 Å². The monoisotopic (exact) mass is 399 g/mol. The van der Waals surface area contributed by atoms with Gasteiger partial charge >= 0.3 is 0 Å². The van der Waals surface area contributed by atoms with E-state index in [0.29, 0.717) is 29.1 Å². The van der Waals surface area contributed by atoms with Crippen LogP contribution in [-0.4, -0.2) is 56.1 Å². The minimum Gasteiger partial charge on any atom is -0.391 e. The molecule has 4 atom stereocenters. The molecule has 1 saturated carbocycles. The SMILES string of the molecule is O=C(c1nc2c(s1)CCCC2)N1C[C@H]2C[C@@H](Nc3cnccn3)[C@H](O)C[C@H]2C1. The number of nitrogens with one attached hydrogen (secondary N) is 1. The van der Waals surface area contributed by atoms with E-state index in [1.807, 2.05) is 4.90 Å². The predicted octanol–water partition coefficient (Wildman–Crippen LogP) is 2.14. The number of aryl methyl sites for hydroxylation is 2. The largest absolute Gasteiger partial charge is 0.391 e. The molecule has 2 aromatic rings. The van der Waals surface area contributed by atoms with Crippen molar-refractivity contribution in [2.24, 2.45) is 11.8 Å². The highest BCUT2D eigenvalue weighted by Crippen LogP contribution is 2.38. The average Bonchev–Trinajstić information content (AvgIpc) is 3.32. The van der Waals surface area contributed by atoms with Gasteiger partial charge in [-0.15, -0.1) is 11.3 Å². The van der Waals surface area contributed by atoms with Gasteiger partial charge in [0, 0.05) is 30.4 Å². The first-order valence-electron chi connectivity index (χ1n) is 10.2. The van der Waals surface area contributed by atoms with Crippen LogP contribution in [0.15, 0.2) is 18.6 Å². The van der Waals surface area contributed by atoms with Crippen molar-refractivity contribution in [3.05, 3.63) is 34.2 Å². The van der Waals surface area contributed by atoms with Crippen LogP contribution in [-0.2, 0) is 12.8 Å². The van der Waals surface area contributed by atoms with Crippen LogP contribution >= 0.6 is 11.3 Å². The molecule has 3 heterocycles. The molecule has 2 N–H and O–H groups in total. The second-order valence-corrected chi connectivity index (χ2v) is 9.29. The molecule has 2 aromatic heterocycles. The molecular formula is C20H25N5O2S. The number of hydrogen-bond donors (Lipinski definition) is 2. The number of fused-ring (bicyclic) bond motifs is 2. The summed E-state index contributed by atoms with van der Waals surface area (Å²) in [5.74, 6) is 1.51. The van der Waals surface area contributed by atoms with E-state index in [9.17, 15) is 9.90 Å². The van der Waals surface area contributed by atoms with Gasteiger partial charge in [0.1, 0.15) is 5.82 Å². The number of carbonyl (C=O) groups excluding carboxylic acids is 1. The number of aliphatic hydroxyl groups excluding tert-OH is 1. The Hall–Kier alpha value is -2.06. The van der Waals surface area contributed by atoms with Crippen LogP contribution in [0, 0.1) is 11.8 Å². The second kappa shape index (κ2) is 7.40. The topological polar surface area (TPSA) is 91.2 Å². The summed E-state index contributed by atoms with van der Waals surface area (Å²) in [6, 6.07) is -0.0554. The zero-order chi connectivity index (χ0) is 19.1. The fourth-order valence-corrected chi connectivity index (χ4v) is 6.01. The third kappa shape index (κ3) is 3.39. The fraction of sp³-hybridized carbons (Fsp3) is 0.600. The van der Waals surface area contributed by atoms with Crippen molar-refractivity contribution < 1.29 is 9.90 Å². The number of amides is 1.